The molecule has 1 heterocycles. The van der Waals surface area contributed by atoms with Crippen LogP contribution in [0.4, 0.5) is 4.39 Å². The summed E-state index contributed by atoms with van der Waals surface area (Å²) in [4.78, 5) is 10.5. The number of esters is 1. The smallest absolute Gasteiger partial charge is 0.340 e. The Morgan fingerprint density at radius 1 is 1.44 bits per heavy atom. The van der Waals surface area contributed by atoms with Gasteiger partial charge in [0.25, 0.3) is 0 Å². The number of halogens is 1. The van der Waals surface area contributed by atoms with Gasteiger partial charge in [-0.25, -0.2) is 17.6 Å². The maximum Gasteiger partial charge on any atom is 0.340 e. The van der Waals surface area contributed by atoms with Gasteiger partial charge in [-0.05, 0) is 29.8 Å². The Hall–Kier alpha value is -1.73. The highest BCUT2D eigenvalue weighted by molar-refractivity contribution is 7.96. The molecule has 0 aromatic heterocycles. The molecule has 18 heavy (non-hydrogen) atoms. The number of aliphatic hydroxyl groups is 1. The van der Waals surface area contributed by atoms with Crippen LogP contribution in [0.1, 0.15) is 5.56 Å². The number of carbonyl (C=O) groups is 1. The third kappa shape index (κ3) is 1.81. The second kappa shape index (κ2) is 4.18. The summed E-state index contributed by atoms with van der Waals surface area (Å²) in [5.41, 5.74) is 0.105. The summed E-state index contributed by atoms with van der Waals surface area (Å²) in [6.07, 6.45) is -0.842. The quantitative estimate of drug-likeness (QED) is 0.626. The average molecular weight is 272 g/mol. The fourth-order valence-electron chi connectivity index (χ4n) is 1.69. The van der Waals surface area contributed by atoms with Gasteiger partial charge in [0, 0.05) is 0 Å². The molecule has 0 fully saturated rings. The van der Waals surface area contributed by atoms with Crippen LogP contribution in [0.5, 0.6) is 0 Å². The van der Waals surface area contributed by atoms with E-state index in [1.807, 2.05) is 0 Å². The average Bonchev–Trinajstić information content (AvgIpc) is 2.58. The van der Waals surface area contributed by atoms with Gasteiger partial charge in [0.15, 0.2) is 6.10 Å². The number of ether oxygens (including phenoxy) is 1. The second-order valence-electron chi connectivity index (χ2n) is 3.66. The molecule has 1 aliphatic rings. The van der Waals surface area contributed by atoms with Crippen LogP contribution in [0.25, 0.3) is 6.08 Å². The molecule has 1 atom stereocenters. The zero-order valence-electron chi connectivity index (χ0n) is 9.25. The molecule has 0 saturated carbocycles. The maximum atomic E-state index is 13.0. The predicted molar refractivity (Wildman–Crippen MR) is 59.6 cm³/mol. The molecule has 1 aliphatic heterocycles. The Kier molecular flexibility index (Phi) is 2.95. The van der Waals surface area contributed by atoms with E-state index in [0.29, 0.717) is 0 Å². The second-order valence-corrected chi connectivity index (χ2v) is 5.58. The first-order valence-electron chi connectivity index (χ1n) is 4.90. The van der Waals surface area contributed by atoms with E-state index in [1.165, 1.54) is 0 Å². The van der Waals surface area contributed by atoms with Gasteiger partial charge in [-0.3, -0.25) is 0 Å². The number of methoxy groups -OCH3 is 1. The van der Waals surface area contributed by atoms with Crippen molar-refractivity contribution < 1.29 is 27.4 Å². The molecule has 0 amide bonds. The molecule has 0 spiro atoms. The van der Waals surface area contributed by atoms with E-state index >= 15 is 0 Å². The van der Waals surface area contributed by atoms with E-state index in [1.54, 1.807) is 0 Å². The molecule has 0 aliphatic carbocycles. The largest absolute Gasteiger partial charge is 0.467 e. The fourth-order valence-corrected chi connectivity index (χ4v) is 3.29. The molecular formula is C11H9FO5S. The molecule has 96 valence electrons. The number of sulfone groups is 1. The van der Waals surface area contributed by atoms with E-state index in [0.717, 1.165) is 31.4 Å². The third-order valence-corrected chi connectivity index (χ3v) is 4.48. The SMILES string of the molecule is COC(=O)C(O)C1=Cc2cc(F)ccc2S1(=O)=O. The minimum Gasteiger partial charge on any atom is -0.467 e. The summed E-state index contributed by atoms with van der Waals surface area (Å²) in [5.74, 6) is -1.69. The van der Waals surface area contributed by atoms with Crippen molar-refractivity contribution in [1.82, 2.24) is 0 Å². The first kappa shape index (κ1) is 12.7. The predicted octanol–water partition coefficient (Wildman–Crippen LogP) is 0.488. The van der Waals surface area contributed by atoms with Crippen LogP contribution in [0, 0.1) is 5.82 Å². The highest BCUT2D eigenvalue weighted by Crippen LogP contribution is 2.35. The molecule has 1 N–H and O–H groups in total. The number of aliphatic hydroxyl groups excluding tert-OH is 1. The number of rotatable bonds is 2. The van der Waals surface area contributed by atoms with Crippen LogP contribution >= 0.6 is 0 Å². The summed E-state index contributed by atoms with van der Waals surface area (Å²) in [6, 6.07) is 3.11. The molecule has 0 saturated heterocycles. The highest BCUT2D eigenvalue weighted by Gasteiger charge is 2.37. The normalized spacial score (nSPS) is 17.8. The first-order valence-corrected chi connectivity index (χ1v) is 6.38. The van der Waals surface area contributed by atoms with Crippen molar-refractivity contribution in [3.05, 3.63) is 34.5 Å². The number of carbonyl (C=O) groups excluding carboxylic acids is 1. The van der Waals surface area contributed by atoms with Gasteiger partial charge in [-0.1, -0.05) is 0 Å². The lowest BCUT2D eigenvalue weighted by Crippen LogP contribution is -2.26. The Morgan fingerprint density at radius 2 is 2.11 bits per heavy atom. The van der Waals surface area contributed by atoms with Gasteiger partial charge in [0.2, 0.25) is 9.84 Å². The standard InChI is InChI=1S/C11H9FO5S/c1-17-11(14)10(13)9-5-6-4-7(12)2-3-8(6)18(9,15)16/h2-5,10,13H,1H3. The van der Waals surface area contributed by atoms with E-state index in [-0.39, 0.29) is 10.5 Å². The maximum absolute atomic E-state index is 13.0. The van der Waals surface area contributed by atoms with Gasteiger partial charge in [0.05, 0.1) is 16.9 Å². The number of hydrogen-bond donors (Lipinski definition) is 1. The van der Waals surface area contributed by atoms with Crippen molar-refractivity contribution in [2.45, 2.75) is 11.0 Å². The summed E-state index contributed by atoms with van der Waals surface area (Å²) in [6.45, 7) is 0. The summed E-state index contributed by atoms with van der Waals surface area (Å²) < 4.78 is 41.3. The van der Waals surface area contributed by atoms with Gasteiger partial charge >= 0.3 is 5.97 Å². The molecule has 0 radical (unpaired) electrons. The number of hydrogen-bond acceptors (Lipinski definition) is 5. The zero-order valence-corrected chi connectivity index (χ0v) is 10.1. The lowest BCUT2D eigenvalue weighted by molar-refractivity contribution is -0.147. The highest BCUT2D eigenvalue weighted by atomic mass is 32.2. The van der Waals surface area contributed by atoms with Crippen LogP contribution in [-0.2, 0) is 19.4 Å². The fraction of sp³-hybridized carbons (Fsp3) is 0.182. The minimum absolute atomic E-state index is 0.105. The Bertz CT molecular complexity index is 647. The van der Waals surface area contributed by atoms with Crippen LogP contribution in [-0.4, -0.2) is 32.7 Å². The van der Waals surface area contributed by atoms with E-state index in [2.05, 4.69) is 4.74 Å². The minimum atomic E-state index is -3.97. The Balaban J connectivity index is 2.54. The van der Waals surface area contributed by atoms with Gasteiger partial charge in [-0.15, -0.1) is 0 Å². The van der Waals surface area contributed by atoms with E-state index in [4.69, 9.17) is 0 Å². The van der Waals surface area contributed by atoms with Crippen molar-refractivity contribution in [3.63, 3.8) is 0 Å². The van der Waals surface area contributed by atoms with Crippen LogP contribution in [0.2, 0.25) is 0 Å². The first-order chi connectivity index (χ1) is 8.37. The lowest BCUT2D eigenvalue weighted by Gasteiger charge is -2.09. The van der Waals surface area contributed by atoms with Crippen molar-refractivity contribution >= 4 is 21.9 Å². The molecule has 1 aromatic carbocycles. The number of benzene rings is 1. The van der Waals surface area contributed by atoms with Crippen molar-refractivity contribution in [1.29, 1.82) is 0 Å². The summed E-state index contributed by atoms with van der Waals surface area (Å²) in [5, 5.41) is 9.58. The van der Waals surface area contributed by atoms with Crippen LogP contribution in [0.15, 0.2) is 28.0 Å². The molecule has 0 bridgehead atoms. The molecule has 5 nitrogen and oxygen atoms in total. The molecule has 1 aromatic rings. The Labute approximate surface area is 102 Å². The topological polar surface area (TPSA) is 80.7 Å². The van der Waals surface area contributed by atoms with Gasteiger partial charge < -0.3 is 9.84 Å². The third-order valence-electron chi connectivity index (χ3n) is 2.56. The number of fused-ring (bicyclic) bond motifs is 1. The Morgan fingerprint density at radius 3 is 2.72 bits per heavy atom. The van der Waals surface area contributed by atoms with Crippen molar-refractivity contribution in [2.24, 2.45) is 0 Å². The van der Waals surface area contributed by atoms with E-state index in [9.17, 15) is 22.7 Å². The van der Waals surface area contributed by atoms with E-state index < -0.39 is 32.6 Å². The van der Waals surface area contributed by atoms with Crippen LogP contribution < -0.4 is 0 Å². The van der Waals surface area contributed by atoms with Crippen LogP contribution in [0.3, 0.4) is 0 Å². The zero-order chi connectivity index (χ0) is 13.5. The summed E-state index contributed by atoms with van der Waals surface area (Å²) in [7, 11) is -2.95. The van der Waals surface area contributed by atoms with Crippen molar-refractivity contribution in [3.8, 4) is 0 Å². The van der Waals surface area contributed by atoms with Crippen molar-refractivity contribution in [2.75, 3.05) is 7.11 Å². The monoisotopic (exact) mass is 272 g/mol. The summed E-state index contributed by atoms with van der Waals surface area (Å²) >= 11 is 0. The van der Waals surface area contributed by atoms with Gasteiger partial charge in [-0.2, -0.15) is 0 Å². The molecule has 7 heteroatoms. The lowest BCUT2D eigenvalue weighted by atomic mass is 10.2. The molecule has 1 unspecified atom stereocenters. The van der Waals surface area contributed by atoms with Gasteiger partial charge in [0.1, 0.15) is 5.82 Å². The molecule has 2 rings (SSSR count). The molecular weight excluding hydrogens is 263 g/mol.